The van der Waals surface area contributed by atoms with Crippen LogP contribution in [-0.4, -0.2) is 34.0 Å². The van der Waals surface area contributed by atoms with E-state index >= 15 is 0 Å². The van der Waals surface area contributed by atoms with Crippen molar-refractivity contribution in [3.05, 3.63) is 64.2 Å². The van der Waals surface area contributed by atoms with Gasteiger partial charge in [0, 0.05) is 23.3 Å². The maximum atomic E-state index is 12.7. The molecule has 0 radical (unpaired) electrons. The van der Waals surface area contributed by atoms with Gasteiger partial charge in [0.05, 0.1) is 23.8 Å². The zero-order valence-electron chi connectivity index (χ0n) is 18.1. The maximum absolute atomic E-state index is 12.7. The van der Waals surface area contributed by atoms with Crippen LogP contribution in [-0.2, 0) is 13.6 Å². The number of rotatable bonds is 11. The Morgan fingerprint density at radius 3 is 2.42 bits per heavy atom. The Morgan fingerprint density at radius 2 is 1.79 bits per heavy atom. The summed E-state index contributed by atoms with van der Waals surface area (Å²) in [5.74, 6) is 0.432. The van der Waals surface area contributed by atoms with Gasteiger partial charge in [0.25, 0.3) is 5.69 Å². The van der Waals surface area contributed by atoms with Gasteiger partial charge in [0.2, 0.25) is 5.89 Å². The summed E-state index contributed by atoms with van der Waals surface area (Å²) in [6.45, 7) is 5.39. The van der Waals surface area contributed by atoms with Gasteiger partial charge in [-0.25, -0.2) is 9.99 Å². The number of nitrogens with one attached hydrogen (secondary N) is 1. The molecule has 13 heteroatoms. The first kappa shape index (κ1) is 24.1. The average molecular weight is 475 g/mol. The fourth-order valence-electron chi connectivity index (χ4n) is 2.67. The van der Waals surface area contributed by atoms with Gasteiger partial charge in [-0.1, -0.05) is 17.2 Å². The highest BCUT2D eigenvalue weighted by atomic mass is 31.2. The van der Waals surface area contributed by atoms with Crippen LogP contribution in [0.4, 0.5) is 11.7 Å². The van der Waals surface area contributed by atoms with Crippen molar-refractivity contribution in [1.82, 2.24) is 10.2 Å². The number of phosphoric acid groups is 1. The highest BCUT2D eigenvalue weighted by Crippen LogP contribution is 2.50. The number of phosphoric ester groups is 1. The molecule has 33 heavy (non-hydrogen) atoms. The molecule has 0 saturated carbocycles. The van der Waals surface area contributed by atoms with Crippen molar-refractivity contribution >= 4 is 25.2 Å². The molecule has 0 aliphatic heterocycles. The van der Waals surface area contributed by atoms with E-state index in [-0.39, 0.29) is 36.6 Å². The number of hydrazone groups is 1. The minimum atomic E-state index is -3.78. The predicted molar refractivity (Wildman–Crippen MR) is 120 cm³/mol. The number of nitrogens with zero attached hydrogens (tertiary/aromatic N) is 4. The second-order valence-corrected chi connectivity index (χ2v) is 7.99. The molecule has 0 bridgehead atoms. The SMILES string of the molecule is CCOP(=O)(OCC)Oc1ccccc1/C(C)=N\Nc1nnc(-c2ccc([N+](=O)[O-])cc2)o1. The highest BCUT2D eigenvalue weighted by Gasteiger charge is 2.28. The molecule has 0 aliphatic rings. The monoisotopic (exact) mass is 475 g/mol. The smallest absolute Gasteiger partial charge is 0.403 e. The molecule has 1 aromatic heterocycles. The summed E-state index contributed by atoms with van der Waals surface area (Å²) in [6, 6.07) is 12.6. The van der Waals surface area contributed by atoms with Gasteiger partial charge in [-0.2, -0.15) is 5.10 Å². The summed E-state index contributed by atoms with van der Waals surface area (Å²) in [6.07, 6.45) is 0. The van der Waals surface area contributed by atoms with Crippen LogP contribution >= 0.6 is 7.82 Å². The molecule has 12 nitrogen and oxygen atoms in total. The molecule has 0 atom stereocenters. The zero-order chi connectivity index (χ0) is 23.8. The number of hydrogen-bond donors (Lipinski definition) is 1. The van der Waals surface area contributed by atoms with Gasteiger partial charge >= 0.3 is 13.8 Å². The van der Waals surface area contributed by atoms with Crippen LogP contribution < -0.4 is 9.95 Å². The number of para-hydroxylation sites is 1. The van der Waals surface area contributed by atoms with Crippen LogP contribution in [0.25, 0.3) is 11.5 Å². The quantitative estimate of drug-likeness (QED) is 0.173. The van der Waals surface area contributed by atoms with E-state index in [2.05, 4.69) is 20.7 Å². The summed E-state index contributed by atoms with van der Waals surface area (Å²) in [5.41, 5.74) is 4.14. The Balaban J connectivity index is 1.76. The van der Waals surface area contributed by atoms with Crippen molar-refractivity contribution in [2.75, 3.05) is 18.6 Å². The van der Waals surface area contributed by atoms with E-state index in [0.717, 1.165) is 0 Å². The molecule has 0 fully saturated rings. The molecule has 1 heterocycles. The standard InChI is InChI=1S/C20H22N5O7P/c1-4-29-33(28,30-5-2)32-18-9-7-6-8-17(18)14(3)21-23-20-24-22-19(31-20)15-10-12-16(13-11-15)25(26)27/h6-13H,4-5H2,1-3H3,(H,23,24)/b21-14-. The second-order valence-electron chi connectivity index (χ2n) is 6.40. The third-order valence-corrected chi connectivity index (χ3v) is 5.70. The molecule has 0 unspecified atom stereocenters. The summed E-state index contributed by atoms with van der Waals surface area (Å²) >= 11 is 0. The molecule has 3 aromatic rings. The van der Waals surface area contributed by atoms with Crippen molar-refractivity contribution in [3.8, 4) is 17.2 Å². The van der Waals surface area contributed by atoms with E-state index in [4.69, 9.17) is 18.0 Å². The number of non-ortho nitro benzene ring substituents is 1. The molecular weight excluding hydrogens is 453 g/mol. The largest absolute Gasteiger partial charge is 0.530 e. The molecule has 0 saturated heterocycles. The van der Waals surface area contributed by atoms with Crippen LogP contribution in [0.3, 0.4) is 0 Å². The molecule has 0 aliphatic carbocycles. The molecule has 1 N–H and O–H groups in total. The van der Waals surface area contributed by atoms with Gasteiger partial charge in [0.1, 0.15) is 5.75 Å². The molecule has 0 spiro atoms. The van der Waals surface area contributed by atoms with Crippen LogP contribution in [0.15, 0.2) is 58.0 Å². The van der Waals surface area contributed by atoms with Crippen molar-refractivity contribution in [2.24, 2.45) is 5.10 Å². The lowest BCUT2D eigenvalue weighted by Gasteiger charge is -2.18. The Hall–Kier alpha value is -3.60. The van der Waals surface area contributed by atoms with E-state index in [1.807, 2.05) is 0 Å². The molecule has 3 rings (SSSR count). The Morgan fingerprint density at radius 1 is 1.12 bits per heavy atom. The first-order chi connectivity index (χ1) is 15.8. The lowest BCUT2D eigenvalue weighted by atomic mass is 10.1. The molecule has 174 valence electrons. The van der Waals surface area contributed by atoms with Crippen molar-refractivity contribution in [3.63, 3.8) is 0 Å². The summed E-state index contributed by atoms with van der Waals surface area (Å²) in [4.78, 5) is 10.3. The first-order valence-corrected chi connectivity index (χ1v) is 11.4. The fourth-order valence-corrected chi connectivity index (χ4v) is 3.89. The molecule has 0 amide bonds. The van der Waals surface area contributed by atoms with E-state index in [1.165, 1.54) is 24.3 Å². The van der Waals surface area contributed by atoms with Gasteiger partial charge in [-0.3, -0.25) is 19.2 Å². The summed E-state index contributed by atoms with van der Waals surface area (Å²) in [7, 11) is -3.78. The van der Waals surface area contributed by atoms with Crippen LogP contribution in [0.5, 0.6) is 5.75 Å². The minimum absolute atomic E-state index is 0.00964. The van der Waals surface area contributed by atoms with Gasteiger partial charge < -0.3 is 8.94 Å². The van der Waals surface area contributed by atoms with Gasteiger partial charge in [-0.05, 0) is 45.0 Å². The van der Waals surface area contributed by atoms with Crippen molar-refractivity contribution in [2.45, 2.75) is 20.8 Å². The number of nitro benzene ring substituents is 1. The lowest BCUT2D eigenvalue weighted by molar-refractivity contribution is -0.384. The average Bonchev–Trinajstić information content (AvgIpc) is 3.27. The zero-order valence-corrected chi connectivity index (χ0v) is 19.0. The van der Waals surface area contributed by atoms with Crippen molar-refractivity contribution < 1.29 is 27.5 Å². The van der Waals surface area contributed by atoms with Crippen molar-refractivity contribution in [1.29, 1.82) is 0 Å². The van der Waals surface area contributed by atoms with E-state index < -0.39 is 12.7 Å². The summed E-state index contributed by atoms with van der Waals surface area (Å²) < 4.78 is 34.2. The fraction of sp³-hybridized carbons (Fsp3) is 0.250. The number of aromatic nitrogens is 2. The molecule has 2 aromatic carbocycles. The normalized spacial score (nSPS) is 11.9. The Kier molecular flexibility index (Phi) is 7.88. The Labute approximate surface area is 189 Å². The van der Waals surface area contributed by atoms with E-state index in [1.54, 1.807) is 45.0 Å². The lowest BCUT2D eigenvalue weighted by Crippen LogP contribution is -2.06. The maximum Gasteiger partial charge on any atom is 0.530 e. The second kappa shape index (κ2) is 10.8. The third kappa shape index (κ3) is 6.22. The van der Waals surface area contributed by atoms with E-state index in [0.29, 0.717) is 16.8 Å². The van der Waals surface area contributed by atoms with Crippen LogP contribution in [0, 0.1) is 10.1 Å². The third-order valence-electron chi connectivity index (χ3n) is 4.13. The molecular formula is C20H22N5O7P. The minimum Gasteiger partial charge on any atom is -0.403 e. The topological polar surface area (TPSA) is 151 Å². The van der Waals surface area contributed by atoms with Crippen LogP contribution in [0.1, 0.15) is 26.3 Å². The number of nitro groups is 1. The first-order valence-electron chi connectivity index (χ1n) is 9.92. The number of anilines is 1. The van der Waals surface area contributed by atoms with E-state index in [9.17, 15) is 14.7 Å². The number of benzene rings is 2. The number of hydrogen-bond acceptors (Lipinski definition) is 11. The van der Waals surface area contributed by atoms with Gasteiger partial charge in [-0.15, -0.1) is 5.10 Å². The summed E-state index contributed by atoms with van der Waals surface area (Å²) in [5, 5.41) is 22.8. The van der Waals surface area contributed by atoms with Gasteiger partial charge in [0.15, 0.2) is 0 Å². The highest BCUT2D eigenvalue weighted by molar-refractivity contribution is 7.48. The van der Waals surface area contributed by atoms with Crippen LogP contribution in [0.2, 0.25) is 0 Å². The Bertz CT molecular complexity index is 1170. The predicted octanol–water partition coefficient (Wildman–Crippen LogP) is 5.04.